The molecule has 0 aromatic rings. The molecule has 0 aliphatic carbocycles. The molecule has 0 amide bonds. The average molecular weight is 86.1 g/mol. The van der Waals surface area contributed by atoms with Gasteiger partial charge in [0.1, 0.15) is 0 Å². The van der Waals surface area contributed by atoms with Crippen molar-refractivity contribution in [2.45, 2.75) is 6.17 Å². The fourth-order valence-corrected chi connectivity index (χ4v) is 0.243. The quantitative estimate of drug-likeness (QED) is 0.407. The molecule has 0 fully saturated rings. The molecule has 0 bridgehead atoms. The Kier molecular flexibility index (Phi) is 0.670. The van der Waals surface area contributed by atoms with Gasteiger partial charge in [-0.05, 0) is 0 Å². The summed E-state index contributed by atoms with van der Waals surface area (Å²) >= 11 is 0. The number of nitrogens with zero attached hydrogens (tertiary/aromatic N) is 2. The molecule has 3 heteroatoms. The fourth-order valence-electron chi connectivity index (χ4n) is 0.243. The molecule has 0 unspecified atom stereocenters. The third-order valence-electron chi connectivity index (χ3n) is 0.485. The molecule has 0 radical (unpaired) electrons. The summed E-state index contributed by atoms with van der Waals surface area (Å²) in [5.41, 5.74) is 0. The molecule has 6 heavy (non-hydrogen) atoms. The smallest absolute Gasteiger partial charge is 0.174 e. The van der Waals surface area contributed by atoms with Crippen molar-refractivity contribution in [2.24, 2.45) is 10.2 Å². The summed E-state index contributed by atoms with van der Waals surface area (Å²) in [6.07, 6.45) is 1.24. The predicted molar refractivity (Wildman–Crippen MR) is 21.9 cm³/mol. The van der Waals surface area contributed by atoms with E-state index in [4.69, 9.17) is 0 Å². The number of rotatable bonds is 0. The Morgan fingerprint density at radius 2 is 1.83 bits per heavy atom. The summed E-state index contributed by atoms with van der Waals surface area (Å²) in [6, 6.07) is 0. The highest BCUT2D eigenvalue weighted by atomic mass is 19.1. The normalized spacial score (nSPS) is 20.2. The summed E-state index contributed by atoms with van der Waals surface area (Å²) in [7, 11) is 0. The molecule has 1 rings (SSSR count). The van der Waals surface area contributed by atoms with Gasteiger partial charge in [-0.3, -0.25) is 0 Å². The predicted octanol–water partition coefficient (Wildman–Crippen LogP) is 0.395. The number of alkyl halides is 1. The van der Waals surface area contributed by atoms with Crippen molar-refractivity contribution in [3.63, 3.8) is 0 Å². The zero-order valence-electron chi connectivity index (χ0n) is 3.00. The average Bonchev–Trinajstić information content (AvgIpc) is 1.86. The first-order chi connectivity index (χ1) is 2.89. The van der Waals surface area contributed by atoms with E-state index in [1.54, 1.807) is 0 Å². The lowest BCUT2D eigenvalue weighted by Crippen LogP contribution is -1.95. The van der Waals surface area contributed by atoms with Crippen LogP contribution in [-0.2, 0) is 0 Å². The summed E-state index contributed by atoms with van der Waals surface area (Å²) in [5, 5.41) is 6.47. The van der Waals surface area contributed by atoms with Crippen molar-refractivity contribution in [2.75, 3.05) is 0 Å². The van der Waals surface area contributed by atoms with E-state index < -0.39 is 6.17 Å². The molecule has 32 valence electrons. The van der Waals surface area contributed by atoms with Gasteiger partial charge in [0.2, 0.25) is 0 Å². The van der Waals surface area contributed by atoms with Gasteiger partial charge in [0.15, 0.2) is 6.17 Å². The van der Waals surface area contributed by atoms with E-state index in [-0.39, 0.29) is 0 Å². The zero-order valence-corrected chi connectivity index (χ0v) is 3.00. The van der Waals surface area contributed by atoms with Crippen molar-refractivity contribution < 1.29 is 4.39 Å². The lowest BCUT2D eigenvalue weighted by atomic mass is 10.5. The number of halogens is 1. The lowest BCUT2D eigenvalue weighted by Gasteiger charge is -1.73. The first kappa shape index (κ1) is 3.46. The maximum atomic E-state index is 11.6. The second kappa shape index (κ2) is 1.16. The lowest BCUT2D eigenvalue weighted by molar-refractivity contribution is 0.532. The highest BCUT2D eigenvalue weighted by molar-refractivity contribution is 5.89. The van der Waals surface area contributed by atoms with Crippen LogP contribution in [0.15, 0.2) is 10.2 Å². The van der Waals surface area contributed by atoms with Crippen LogP contribution >= 0.6 is 0 Å². The summed E-state index contributed by atoms with van der Waals surface area (Å²) in [4.78, 5) is 0. The molecule has 1 aliphatic heterocycles. The monoisotopic (exact) mass is 86.0 g/mol. The van der Waals surface area contributed by atoms with Gasteiger partial charge in [-0.2, -0.15) is 10.2 Å². The van der Waals surface area contributed by atoms with Crippen LogP contribution in [0.25, 0.3) is 0 Å². The standard InChI is InChI=1S/C3H3FN2/c4-3-1-5-6-2-3/h1-3H. The summed E-state index contributed by atoms with van der Waals surface area (Å²) in [6.45, 7) is 0. The van der Waals surface area contributed by atoms with Crippen LogP contribution in [0.2, 0.25) is 0 Å². The minimum Gasteiger partial charge on any atom is -0.235 e. The molecule has 1 heterocycles. The van der Waals surface area contributed by atoms with E-state index in [9.17, 15) is 4.39 Å². The van der Waals surface area contributed by atoms with Gasteiger partial charge < -0.3 is 0 Å². The maximum absolute atomic E-state index is 11.6. The largest absolute Gasteiger partial charge is 0.235 e. The minimum atomic E-state index is -1.04. The van der Waals surface area contributed by atoms with E-state index in [0.29, 0.717) is 0 Å². The first-order valence-corrected chi connectivity index (χ1v) is 1.60. The number of hydrogen-bond donors (Lipinski definition) is 0. The van der Waals surface area contributed by atoms with Gasteiger partial charge in [0.25, 0.3) is 0 Å². The molecule has 0 saturated heterocycles. The van der Waals surface area contributed by atoms with Crippen molar-refractivity contribution in [1.82, 2.24) is 0 Å². The molecule has 0 spiro atoms. The van der Waals surface area contributed by atoms with Crippen LogP contribution in [0.1, 0.15) is 0 Å². The van der Waals surface area contributed by atoms with Gasteiger partial charge in [0, 0.05) is 0 Å². The Hall–Kier alpha value is -0.730. The first-order valence-electron chi connectivity index (χ1n) is 1.60. The Balaban J connectivity index is 2.60. The molecule has 0 saturated carbocycles. The topological polar surface area (TPSA) is 24.7 Å². The van der Waals surface area contributed by atoms with Crippen molar-refractivity contribution in [3.05, 3.63) is 0 Å². The number of hydrogen-bond acceptors (Lipinski definition) is 2. The Labute approximate surface area is 34.4 Å². The van der Waals surface area contributed by atoms with Gasteiger partial charge in [0.05, 0.1) is 12.4 Å². The maximum Gasteiger partial charge on any atom is 0.174 e. The molecular weight excluding hydrogens is 83.0 g/mol. The Morgan fingerprint density at radius 1 is 1.33 bits per heavy atom. The highest BCUT2D eigenvalue weighted by Gasteiger charge is 1.98. The molecule has 0 N–H and O–H groups in total. The van der Waals surface area contributed by atoms with Crippen LogP contribution in [-0.4, -0.2) is 18.6 Å². The minimum absolute atomic E-state index is 1.04. The Morgan fingerprint density at radius 3 is 2.00 bits per heavy atom. The van der Waals surface area contributed by atoms with E-state index >= 15 is 0 Å². The van der Waals surface area contributed by atoms with Gasteiger partial charge in [-0.15, -0.1) is 0 Å². The van der Waals surface area contributed by atoms with Crippen LogP contribution in [0.3, 0.4) is 0 Å². The van der Waals surface area contributed by atoms with Crippen molar-refractivity contribution in [3.8, 4) is 0 Å². The van der Waals surface area contributed by atoms with Crippen LogP contribution in [0, 0.1) is 0 Å². The Bertz CT molecular complexity index is 85.0. The molecule has 0 aromatic carbocycles. The van der Waals surface area contributed by atoms with Crippen LogP contribution < -0.4 is 0 Å². The van der Waals surface area contributed by atoms with E-state index in [0.717, 1.165) is 12.4 Å². The van der Waals surface area contributed by atoms with E-state index in [1.807, 2.05) is 0 Å². The molecule has 0 atom stereocenters. The SMILES string of the molecule is FC1C=NN=C1. The molecule has 2 nitrogen and oxygen atoms in total. The van der Waals surface area contributed by atoms with Crippen molar-refractivity contribution >= 4 is 12.4 Å². The van der Waals surface area contributed by atoms with Crippen LogP contribution in [0.4, 0.5) is 4.39 Å². The second-order valence-electron chi connectivity index (χ2n) is 0.974. The molecule has 0 aromatic heterocycles. The van der Waals surface area contributed by atoms with E-state index in [1.165, 1.54) is 0 Å². The fraction of sp³-hybridized carbons (Fsp3) is 0.333. The van der Waals surface area contributed by atoms with Crippen LogP contribution in [0.5, 0.6) is 0 Å². The van der Waals surface area contributed by atoms with E-state index in [2.05, 4.69) is 10.2 Å². The second-order valence-corrected chi connectivity index (χ2v) is 0.974. The van der Waals surface area contributed by atoms with Crippen molar-refractivity contribution in [1.29, 1.82) is 0 Å². The zero-order chi connectivity index (χ0) is 4.41. The summed E-state index contributed by atoms with van der Waals surface area (Å²) in [5.74, 6) is 0. The summed E-state index contributed by atoms with van der Waals surface area (Å²) < 4.78 is 11.6. The highest BCUT2D eigenvalue weighted by Crippen LogP contribution is 1.88. The third-order valence-corrected chi connectivity index (χ3v) is 0.485. The van der Waals surface area contributed by atoms with Gasteiger partial charge in [-0.1, -0.05) is 0 Å². The molecule has 1 aliphatic rings. The van der Waals surface area contributed by atoms with Gasteiger partial charge in [-0.25, -0.2) is 4.39 Å². The van der Waals surface area contributed by atoms with Gasteiger partial charge >= 0.3 is 0 Å². The molecular formula is C3H3FN2. The third kappa shape index (κ3) is 0.429.